The van der Waals surface area contributed by atoms with Gasteiger partial charge in [-0.1, -0.05) is 0 Å². The van der Waals surface area contributed by atoms with Gasteiger partial charge in [-0.2, -0.15) is 0 Å². The number of nitrogens with zero attached hydrogens (tertiary/aromatic N) is 1. The highest BCUT2D eigenvalue weighted by Crippen LogP contribution is 2.17. The van der Waals surface area contributed by atoms with Crippen molar-refractivity contribution in [2.45, 2.75) is 19.8 Å². The molecule has 1 saturated heterocycles. The quantitative estimate of drug-likeness (QED) is 0.688. The lowest BCUT2D eigenvalue weighted by Crippen LogP contribution is -2.44. The number of carbonyl (C=O) groups excluding carboxylic acids is 2. The minimum atomic E-state index is -0.135. The van der Waals surface area contributed by atoms with Gasteiger partial charge >= 0.3 is 5.97 Å². The maximum absolute atomic E-state index is 11.5. The number of esters is 1. The van der Waals surface area contributed by atoms with Gasteiger partial charge in [0, 0.05) is 13.6 Å². The van der Waals surface area contributed by atoms with Crippen LogP contribution in [0.2, 0.25) is 0 Å². The first kappa shape index (κ1) is 13.0. The summed E-state index contributed by atoms with van der Waals surface area (Å²) in [5.74, 6) is -0.216. The van der Waals surface area contributed by atoms with Crippen LogP contribution in [0.1, 0.15) is 19.8 Å². The standard InChI is InChI=1S/C11H20N2O3/c1-3-16-11(15)9-5-4-6-13(7-9)8-10(14)12-2/h9H,3-8H2,1-2H3,(H,12,14). The highest BCUT2D eigenvalue weighted by molar-refractivity contribution is 5.78. The molecule has 1 heterocycles. The van der Waals surface area contributed by atoms with Crippen LogP contribution < -0.4 is 5.32 Å². The zero-order chi connectivity index (χ0) is 12.0. The molecule has 1 aliphatic rings. The van der Waals surface area contributed by atoms with E-state index in [2.05, 4.69) is 5.32 Å². The number of likely N-dealkylation sites (tertiary alicyclic amines) is 1. The summed E-state index contributed by atoms with van der Waals surface area (Å²) in [7, 11) is 1.62. The Labute approximate surface area is 96.1 Å². The molecule has 1 atom stereocenters. The molecule has 0 spiro atoms. The van der Waals surface area contributed by atoms with Gasteiger partial charge in [0.25, 0.3) is 0 Å². The number of nitrogens with one attached hydrogen (secondary N) is 1. The van der Waals surface area contributed by atoms with Crippen LogP contribution in [0.3, 0.4) is 0 Å². The van der Waals surface area contributed by atoms with Crippen LogP contribution in [0.15, 0.2) is 0 Å². The Kier molecular flexibility index (Phi) is 5.25. The normalized spacial score (nSPS) is 21.5. The molecule has 0 bridgehead atoms. The molecule has 5 heteroatoms. The van der Waals surface area contributed by atoms with Crippen LogP contribution in [-0.4, -0.2) is 50.1 Å². The molecule has 1 N–H and O–H groups in total. The highest BCUT2D eigenvalue weighted by atomic mass is 16.5. The predicted molar refractivity (Wildman–Crippen MR) is 59.9 cm³/mol. The topological polar surface area (TPSA) is 58.6 Å². The van der Waals surface area contributed by atoms with Crippen molar-refractivity contribution in [2.24, 2.45) is 5.92 Å². The number of hydrogen-bond acceptors (Lipinski definition) is 4. The first-order chi connectivity index (χ1) is 7.67. The fourth-order valence-corrected chi connectivity index (χ4v) is 1.93. The summed E-state index contributed by atoms with van der Waals surface area (Å²) < 4.78 is 4.99. The molecule has 92 valence electrons. The summed E-state index contributed by atoms with van der Waals surface area (Å²) >= 11 is 0. The van der Waals surface area contributed by atoms with Crippen LogP contribution in [0, 0.1) is 5.92 Å². The number of amides is 1. The molecule has 0 aromatic rings. The van der Waals surface area contributed by atoms with Gasteiger partial charge < -0.3 is 10.1 Å². The monoisotopic (exact) mass is 228 g/mol. The van der Waals surface area contributed by atoms with Gasteiger partial charge in [0.15, 0.2) is 0 Å². The molecule has 1 unspecified atom stereocenters. The Morgan fingerprint density at radius 1 is 1.50 bits per heavy atom. The second-order valence-electron chi connectivity index (χ2n) is 4.00. The molecule has 1 aliphatic heterocycles. The highest BCUT2D eigenvalue weighted by Gasteiger charge is 2.27. The third-order valence-corrected chi connectivity index (χ3v) is 2.77. The van der Waals surface area contributed by atoms with Crippen LogP contribution in [0.4, 0.5) is 0 Å². The van der Waals surface area contributed by atoms with Gasteiger partial charge in [-0.15, -0.1) is 0 Å². The average Bonchev–Trinajstić information content (AvgIpc) is 2.29. The zero-order valence-electron chi connectivity index (χ0n) is 9.99. The van der Waals surface area contributed by atoms with Crippen molar-refractivity contribution >= 4 is 11.9 Å². The van der Waals surface area contributed by atoms with Gasteiger partial charge in [0.2, 0.25) is 5.91 Å². The molecule has 0 radical (unpaired) electrons. The molecule has 0 aliphatic carbocycles. The van der Waals surface area contributed by atoms with Crippen molar-refractivity contribution in [3.63, 3.8) is 0 Å². The molecule has 1 rings (SSSR count). The van der Waals surface area contributed by atoms with Crippen molar-refractivity contribution in [3.8, 4) is 0 Å². The lowest BCUT2D eigenvalue weighted by molar-refractivity contribution is -0.150. The van der Waals surface area contributed by atoms with E-state index in [4.69, 9.17) is 4.74 Å². The summed E-state index contributed by atoms with van der Waals surface area (Å²) in [6, 6.07) is 0. The number of rotatable bonds is 4. The van der Waals surface area contributed by atoms with Gasteiger partial charge in [-0.25, -0.2) is 0 Å². The number of likely N-dealkylation sites (N-methyl/N-ethyl adjacent to an activating group) is 1. The minimum absolute atomic E-state index is 0.00971. The van der Waals surface area contributed by atoms with E-state index in [1.54, 1.807) is 7.05 Å². The van der Waals surface area contributed by atoms with Crippen molar-refractivity contribution in [1.29, 1.82) is 0 Å². The van der Waals surface area contributed by atoms with E-state index < -0.39 is 0 Å². The molecule has 0 saturated carbocycles. The van der Waals surface area contributed by atoms with Crippen LogP contribution >= 0.6 is 0 Å². The van der Waals surface area contributed by atoms with E-state index in [1.807, 2.05) is 11.8 Å². The minimum Gasteiger partial charge on any atom is -0.466 e. The van der Waals surface area contributed by atoms with E-state index >= 15 is 0 Å². The third kappa shape index (κ3) is 3.81. The predicted octanol–water partition coefficient (Wildman–Crippen LogP) is 0.00750. The van der Waals surface area contributed by atoms with Crippen LogP contribution in [-0.2, 0) is 14.3 Å². The van der Waals surface area contributed by atoms with E-state index in [0.29, 0.717) is 19.7 Å². The molecule has 0 aromatic heterocycles. The Morgan fingerprint density at radius 2 is 2.25 bits per heavy atom. The Morgan fingerprint density at radius 3 is 2.88 bits per heavy atom. The Balaban J connectivity index is 2.40. The Hall–Kier alpha value is -1.10. The fraction of sp³-hybridized carbons (Fsp3) is 0.818. The first-order valence-electron chi connectivity index (χ1n) is 5.77. The third-order valence-electron chi connectivity index (χ3n) is 2.77. The summed E-state index contributed by atoms with van der Waals surface area (Å²) in [6.45, 7) is 4.11. The summed E-state index contributed by atoms with van der Waals surface area (Å²) in [6.07, 6.45) is 1.81. The molecular weight excluding hydrogens is 208 g/mol. The van der Waals surface area contributed by atoms with Gasteiger partial charge in [-0.3, -0.25) is 14.5 Å². The van der Waals surface area contributed by atoms with Crippen molar-refractivity contribution in [1.82, 2.24) is 10.2 Å². The second kappa shape index (κ2) is 6.48. The molecule has 0 aromatic carbocycles. The summed E-state index contributed by atoms with van der Waals surface area (Å²) in [5.41, 5.74) is 0. The van der Waals surface area contributed by atoms with Gasteiger partial charge in [0.05, 0.1) is 19.1 Å². The number of carbonyl (C=O) groups is 2. The van der Waals surface area contributed by atoms with Crippen molar-refractivity contribution in [3.05, 3.63) is 0 Å². The second-order valence-corrected chi connectivity index (χ2v) is 4.00. The molecule has 1 amide bonds. The maximum atomic E-state index is 11.5. The Bertz CT molecular complexity index is 256. The maximum Gasteiger partial charge on any atom is 0.310 e. The number of hydrogen-bond donors (Lipinski definition) is 1. The van der Waals surface area contributed by atoms with E-state index in [-0.39, 0.29) is 17.8 Å². The zero-order valence-corrected chi connectivity index (χ0v) is 9.99. The van der Waals surface area contributed by atoms with Gasteiger partial charge in [-0.05, 0) is 26.3 Å². The molecule has 1 fully saturated rings. The lowest BCUT2D eigenvalue weighted by Gasteiger charge is -2.30. The smallest absolute Gasteiger partial charge is 0.310 e. The first-order valence-corrected chi connectivity index (χ1v) is 5.77. The van der Waals surface area contributed by atoms with Crippen LogP contribution in [0.5, 0.6) is 0 Å². The van der Waals surface area contributed by atoms with Gasteiger partial charge in [0.1, 0.15) is 0 Å². The largest absolute Gasteiger partial charge is 0.466 e. The summed E-state index contributed by atoms with van der Waals surface area (Å²) in [4.78, 5) is 24.8. The lowest BCUT2D eigenvalue weighted by atomic mass is 9.98. The van der Waals surface area contributed by atoms with E-state index in [9.17, 15) is 9.59 Å². The van der Waals surface area contributed by atoms with Crippen molar-refractivity contribution in [2.75, 3.05) is 33.3 Å². The van der Waals surface area contributed by atoms with E-state index in [1.165, 1.54) is 0 Å². The van der Waals surface area contributed by atoms with E-state index in [0.717, 1.165) is 19.4 Å². The number of piperidine rings is 1. The van der Waals surface area contributed by atoms with Crippen LogP contribution in [0.25, 0.3) is 0 Å². The SMILES string of the molecule is CCOC(=O)C1CCCN(CC(=O)NC)C1. The average molecular weight is 228 g/mol. The molecular formula is C11H20N2O3. The van der Waals surface area contributed by atoms with Crippen molar-refractivity contribution < 1.29 is 14.3 Å². The number of ether oxygens (including phenoxy) is 1. The fourth-order valence-electron chi connectivity index (χ4n) is 1.93. The molecule has 5 nitrogen and oxygen atoms in total. The summed E-state index contributed by atoms with van der Waals surface area (Å²) in [5, 5.41) is 2.58. The molecule has 16 heavy (non-hydrogen) atoms.